The van der Waals surface area contributed by atoms with Gasteiger partial charge in [0.05, 0.1) is 0 Å². The van der Waals surface area contributed by atoms with E-state index in [1.54, 1.807) is 13.0 Å². The minimum atomic E-state index is -2.96. The summed E-state index contributed by atoms with van der Waals surface area (Å²) in [5.74, 6) is 0.237. The fourth-order valence-electron chi connectivity index (χ4n) is 2.64. The molecule has 0 aliphatic heterocycles. The number of aryl methyl sites for hydroxylation is 1. The van der Waals surface area contributed by atoms with E-state index in [9.17, 15) is 13.6 Å². The van der Waals surface area contributed by atoms with Crippen molar-refractivity contribution in [2.75, 3.05) is 5.32 Å². The number of nitrogens with one attached hydrogen (secondary N) is 1. The Morgan fingerprint density at radius 1 is 1.10 bits per heavy atom. The van der Waals surface area contributed by atoms with Gasteiger partial charge in [-0.25, -0.2) is 4.98 Å². The second-order valence-corrected chi connectivity index (χ2v) is 8.20. The molecular formula is C24H33F2N3O2. The van der Waals surface area contributed by atoms with E-state index in [1.165, 1.54) is 24.5 Å². The summed E-state index contributed by atoms with van der Waals surface area (Å²) >= 11 is 0. The number of carbonyl (C=O) groups excluding carboxylic acids is 1. The predicted octanol–water partition coefficient (Wildman–Crippen LogP) is 5.65. The molecule has 0 atom stereocenters. The van der Waals surface area contributed by atoms with Gasteiger partial charge in [-0.05, 0) is 56.2 Å². The number of ether oxygens (including phenoxy) is 1. The van der Waals surface area contributed by atoms with E-state index < -0.39 is 6.61 Å². The lowest BCUT2D eigenvalue weighted by Crippen LogP contribution is -2.28. The van der Waals surface area contributed by atoms with Crippen molar-refractivity contribution in [2.24, 2.45) is 11.7 Å². The van der Waals surface area contributed by atoms with E-state index in [1.807, 2.05) is 6.07 Å². The number of aromatic nitrogens is 1. The maximum absolute atomic E-state index is 12.2. The molecule has 0 radical (unpaired) electrons. The van der Waals surface area contributed by atoms with Crippen molar-refractivity contribution >= 4 is 11.6 Å². The van der Waals surface area contributed by atoms with Gasteiger partial charge in [0.15, 0.2) is 0 Å². The van der Waals surface area contributed by atoms with Gasteiger partial charge in [0.25, 0.3) is 0 Å². The summed E-state index contributed by atoms with van der Waals surface area (Å²) in [6, 6.07) is 14.3. The molecule has 2 aromatic rings. The van der Waals surface area contributed by atoms with Gasteiger partial charge in [-0.2, -0.15) is 8.78 Å². The fourth-order valence-corrected chi connectivity index (χ4v) is 2.64. The highest BCUT2D eigenvalue weighted by molar-refractivity contribution is 5.94. The molecule has 2 aliphatic carbocycles. The number of nitrogens with two attached hydrogens (primary N) is 1. The van der Waals surface area contributed by atoms with Crippen LogP contribution in [0, 0.1) is 12.8 Å². The molecule has 5 nitrogen and oxygen atoms in total. The molecule has 0 bridgehead atoms. The van der Waals surface area contributed by atoms with Crippen LogP contribution in [0.3, 0.4) is 0 Å². The standard InChI is InChI=1S/C12H14F2N2O2.C9H12.C3H7N/c1-7-5-6-9(11(15-7)18-12(13)14)16-10(17)8-3-2-4-8;1-8(2)9-6-4-3-5-7-9;4-3-1-2-3/h5-6,8,12H,2-4H2,1H3,(H,16,17);3-8H,1-2H3;3H,1-2,4H2. The minimum Gasteiger partial charge on any atom is -0.415 e. The molecule has 0 saturated heterocycles. The Morgan fingerprint density at radius 2 is 1.71 bits per heavy atom. The molecule has 2 aliphatic rings. The Kier molecular flexibility index (Phi) is 9.85. The number of alkyl halides is 2. The van der Waals surface area contributed by atoms with Gasteiger partial charge < -0.3 is 15.8 Å². The highest BCUT2D eigenvalue weighted by atomic mass is 19.3. The highest BCUT2D eigenvalue weighted by Crippen LogP contribution is 2.30. The van der Waals surface area contributed by atoms with Crippen LogP contribution < -0.4 is 15.8 Å². The van der Waals surface area contributed by atoms with E-state index in [0.717, 1.165) is 19.3 Å². The zero-order valence-corrected chi connectivity index (χ0v) is 18.5. The van der Waals surface area contributed by atoms with Crippen molar-refractivity contribution in [1.29, 1.82) is 0 Å². The lowest BCUT2D eigenvalue weighted by atomic mass is 9.85. The van der Waals surface area contributed by atoms with Crippen LogP contribution >= 0.6 is 0 Å². The number of amides is 1. The van der Waals surface area contributed by atoms with Gasteiger partial charge in [-0.15, -0.1) is 0 Å². The van der Waals surface area contributed by atoms with E-state index in [-0.39, 0.29) is 23.4 Å². The first-order valence-corrected chi connectivity index (χ1v) is 10.8. The number of halogens is 2. The zero-order valence-electron chi connectivity index (χ0n) is 18.5. The molecule has 0 unspecified atom stereocenters. The maximum atomic E-state index is 12.2. The van der Waals surface area contributed by atoms with Crippen LogP contribution in [0.5, 0.6) is 5.88 Å². The maximum Gasteiger partial charge on any atom is 0.388 e. The summed E-state index contributed by atoms with van der Waals surface area (Å²) in [6.07, 6.45) is 5.25. The first-order valence-electron chi connectivity index (χ1n) is 10.8. The molecule has 1 aromatic carbocycles. The number of pyridine rings is 1. The molecular weight excluding hydrogens is 400 g/mol. The lowest BCUT2D eigenvalue weighted by molar-refractivity contribution is -0.122. The molecule has 2 saturated carbocycles. The molecule has 4 rings (SSSR count). The van der Waals surface area contributed by atoms with Crippen LogP contribution in [-0.2, 0) is 4.79 Å². The lowest BCUT2D eigenvalue weighted by Gasteiger charge is -2.24. The third-order valence-corrected chi connectivity index (χ3v) is 5.02. The molecule has 1 aromatic heterocycles. The SMILES string of the molecule is CC(C)c1ccccc1.Cc1ccc(NC(=O)C2CCC2)c(OC(F)F)n1.NC1CC1. The number of hydrogen-bond acceptors (Lipinski definition) is 4. The molecule has 3 N–H and O–H groups in total. The van der Waals surface area contributed by atoms with Gasteiger partial charge in [-0.3, -0.25) is 4.79 Å². The van der Waals surface area contributed by atoms with Crippen molar-refractivity contribution in [3.8, 4) is 5.88 Å². The van der Waals surface area contributed by atoms with Crippen LogP contribution in [0.1, 0.15) is 63.1 Å². The number of benzene rings is 1. The summed E-state index contributed by atoms with van der Waals surface area (Å²) in [4.78, 5) is 15.6. The summed E-state index contributed by atoms with van der Waals surface area (Å²) < 4.78 is 28.8. The van der Waals surface area contributed by atoms with Gasteiger partial charge in [0.2, 0.25) is 11.8 Å². The molecule has 7 heteroatoms. The Labute approximate surface area is 183 Å². The topological polar surface area (TPSA) is 77.2 Å². The smallest absolute Gasteiger partial charge is 0.388 e. The van der Waals surface area contributed by atoms with Crippen molar-refractivity contribution in [1.82, 2.24) is 4.98 Å². The van der Waals surface area contributed by atoms with Gasteiger partial charge in [0, 0.05) is 17.7 Å². The molecule has 2 fully saturated rings. The molecule has 0 spiro atoms. The number of hydrogen-bond donors (Lipinski definition) is 2. The minimum absolute atomic E-state index is 0.0225. The van der Waals surface area contributed by atoms with Crippen LogP contribution in [0.2, 0.25) is 0 Å². The molecule has 170 valence electrons. The fraction of sp³-hybridized carbons (Fsp3) is 0.500. The van der Waals surface area contributed by atoms with Crippen LogP contribution in [0.25, 0.3) is 0 Å². The average Bonchev–Trinajstić information content (AvgIpc) is 3.46. The third-order valence-electron chi connectivity index (χ3n) is 5.02. The highest BCUT2D eigenvalue weighted by Gasteiger charge is 2.26. The second kappa shape index (κ2) is 12.3. The van der Waals surface area contributed by atoms with Crippen molar-refractivity contribution in [3.05, 3.63) is 53.7 Å². The molecule has 31 heavy (non-hydrogen) atoms. The van der Waals surface area contributed by atoms with Crippen molar-refractivity contribution in [2.45, 2.75) is 71.4 Å². The number of anilines is 1. The van der Waals surface area contributed by atoms with Gasteiger partial charge in [-0.1, -0.05) is 50.6 Å². The Hall–Kier alpha value is -2.54. The Bertz CT molecular complexity index is 808. The van der Waals surface area contributed by atoms with E-state index in [4.69, 9.17) is 5.73 Å². The normalized spacial score (nSPS) is 15.2. The van der Waals surface area contributed by atoms with Crippen LogP contribution in [-0.4, -0.2) is 23.5 Å². The molecule has 1 heterocycles. The summed E-state index contributed by atoms with van der Waals surface area (Å²) in [5, 5.41) is 2.59. The number of carbonyl (C=O) groups is 1. The van der Waals surface area contributed by atoms with E-state index >= 15 is 0 Å². The second-order valence-electron chi connectivity index (χ2n) is 8.20. The summed E-state index contributed by atoms with van der Waals surface area (Å²) in [6.45, 7) is 3.11. The van der Waals surface area contributed by atoms with Crippen LogP contribution in [0.4, 0.5) is 14.5 Å². The first kappa shape index (κ1) is 24.7. The Morgan fingerprint density at radius 3 is 2.13 bits per heavy atom. The zero-order chi connectivity index (χ0) is 22.8. The summed E-state index contributed by atoms with van der Waals surface area (Å²) in [7, 11) is 0. The van der Waals surface area contributed by atoms with Gasteiger partial charge >= 0.3 is 6.61 Å². The first-order chi connectivity index (χ1) is 14.8. The number of nitrogens with zero attached hydrogens (tertiary/aromatic N) is 1. The number of rotatable bonds is 5. The summed E-state index contributed by atoms with van der Waals surface area (Å²) in [5.41, 5.74) is 7.38. The van der Waals surface area contributed by atoms with Crippen molar-refractivity contribution in [3.63, 3.8) is 0 Å². The third kappa shape index (κ3) is 9.42. The predicted molar refractivity (Wildman–Crippen MR) is 119 cm³/mol. The molecule has 1 amide bonds. The van der Waals surface area contributed by atoms with Gasteiger partial charge in [0.1, 0.15) is 5.69 Å². The monoisotopic (exact) mass is 433 g/mol. The van der Waals surface area contributed by atoms with E-state index in [2.05, 4.69) is 53.2 Å². The average molecular weight is 434 g/mol. The van der Waals surface area contributed by atoms with E-state index in [0.29, 0.717) is 17.7 Å². The Balaban J connectivity index is 0.000000215. The quantitative estimate of drug-likeness (QED) is 0.639. The largest absolute Gasteiger partial charge is 0.415 e. The van der Waals surface area contributed by atoms with Crippen LogP contribution in [0.15, 0.2) is 42.5 Å². The van der Waals surface area contributed by atoms with Crippen molar-refractivity contribution < 1.29 is 18.3 Å².